The number of nitrogens with zero attached hydrogens (tertiary/aromatic N) is 1. The van der Waals surface area contributed by atoms with Crippen LogP contribution in [0.2, 0.25) is 0 Å². The molecule has 1 N–H and O–H groups in total. The molecule has 3 aromatic rings. The molecule has 0 bridgehead atoms. The second-order valence-corrected chi connectivity index (χ2v) is 7.48. The molecule has 3 amide bonds. The Hall–Kier alpha value is -3.93. The number of hydrogen-bond acceptors (Lipinski definition) is 4. The average molecular weight is 428 g/mol. The molecule has 0 spiro atoms. The summed E-state index contributed by atoms with van der Waals surface area (Å²) in [6.07, 6.45) is 1.68. The lowest BCUT2D eigenvalue weighted by atomic mass is 10.1. The van der Waals surface area contributed by atoms with Crippen molar-refractivity contribution in [3.05, 3.63) is 95.1 Å². The highest BCUT2D eigenvalue weighted by atomic mass is 16.5. The monoisotopic (exact) mass is 428 g/mol. The van der Waals surface area contributed by atoms with Gasteiger partial charge in [-0.05, 0) is 67.8 Å². The molecular formula is C26H24N2O4. The summed E-state index contributed by atoms with van der Waals surface area (Å²) in [5.41, 5.74) is 2.58. The van der Waals surface area contributed by atoms with Gasteiger partial charge in [0.05, 0.1) is 23.4 Å². The van der Waals surface area contributed by atoms with Crippen LogP contribution in [-0.4, -0.2) is 30.9 Å². The van der Waals surface area contributed by atoms with Crippen molar-refractivity contribution in [2.75, 3.05) is 18.1 Å². The van der Waals surface area contributed by atoms with E-state index in [1.807, 2.05) is 25.1 Å². The second kappa shape index (κ2) is 9.47. The average Bonchev–Trinajstić information content (AvgIpc) is 3.07. The van der Waals surface area contributed by atoms with Crippen molar-refractivity contribution in [3.63, 3.8) is 0 Å². The van der Waals surface area contributed by atoms with E-state index in [1.165, 1.54) is 11.6 Å². The Balaban J connectivity index is 1.42. The van der Waals surface area contributed by atoms with Crippen molar-refractivity contribution in [2.24, 2.45) is 0 Å². The number of amides is 3. The van der Waals surface area contributed by atoms with Crippen LogP contribution >= 0.6 is 0 Å². The van der Waals surface area contributed by atoms with Gasteiger partial charge < -0.3 is 10.1 Å². The fraction of sp³-hybridized carbons (Fsp3) is 0.192. The quantitative estimate of drug-likeness (QED) is 0.430. The third-order valence-electron chi connectivity index (χ3n) is 5.33. The number of rotatable bonds is 8. The van der Waals surface area contributed by atoms with Crippen LogP contribution in [0.1, 0.15) is 50.0 Å². The Morgan fingerprint density at radius 1 is 0.906 bits per heavy atom. The number of hydrogen-bond donors (Lipinski definition) is 1. The molecule has 32 heavy (non-hydrogen) atoms. The molecule has 1 heterocycles. The van der Waals surface area contributed by atoms with E-state index in [0.717, 1.165) is 17.7 Å². The summed E-state index contributed by atoms with van der Waals surface area (Å²) in [6, 6.07) is 21.5. The highest BCUT2D eigenvalue weighted by molar-refractivity contribution is 6.34. The van der Waals surface area contributed by atoms with Gasteiger partial charge in [0.25, 0.3) is 17.7 Å². The Morgan fingerprint density at radius 2 is 1.62 bits per heavy atom. The number of benzene rings is 3. The van der Waals surface area contributed by atoms with E-state index in [2.05, 4.69) is 17.4 Å². The van der Waals surface area contributed by atoms with Gasteiger partial charge in [-0.25, -0.2) is 4.90 Å². The molecule has 0 unspecified atom stereocenters. The standard InChI is InChI=1S/C26H24N2O4/c1-2-32-21-13-11-20(12-14-21)28-25(30)22-15-10-19(17-23(22)26(28)31)24(29)27-16-6-9-18-7-4-3-5-8-18/h3-5,7-8,10-15,17H,2,6,9,16H2,1H3,(H,27,29). The molecule has 0 radical (unpaired) electrons. The highest BCUT2D eigenvalue weighted by Gasteiger charge is 2.37. The van der Waals surface area contributed by atoms with Gasteiger partial charge in [0.1, 0.15) is 5.75 Å². The molecular weight excluding hydrogens is 404 g/mol. The van der Waals surface area contributed by atoms with Crippen LogP contribution in [0.25, 0.3) is 0 Å². The number of ether oxygens (including phenoxy) is 1. The van der Waals surface area contributed by atoms with Crippen molar-refractivity contribution < 1.29 is 19.1 Å². The van der Waals surface area contributed by atoms with E-state index in [-0.39, 0.29) is 11.5 Å². The predicted molar refractivity (Wildman–Crippen MR) is 122 cm³/mol. The second-order valence-electron chi connectivity index (χ2n) is 7.48. The third-order valence-corrected chi connectivity index (χ3v) is 5.33. The summed E-state index contributed by atoms with van der Waals surface area (Å²) >= 11 is 0. The molecule has 0 saturated heterocycles. The third kappa shape index (κ3) is 4.39. The zero-order chi connectivity index (χ0) is 22.5. The van der Waals surface area contributed by atoms with Gasteiger partial charge in [-0.15, -0.1) is 0 Å². The summed E-state index contributed by atoms with van der Waals surface area (Å²) in [5, 5.41) is 2.88. The molecule has 6 heteroatoms. The first-order valence-electron chi connectivity index (χ1n) is 10.7. The number of imide groups is 1. The Bertz CT molecular complexity index is 1140. The maximum Gasteiger partial charge on any atom is 0.266 e. The zero-order valence-electron chi connectivity index (χ0n) is 17.8. The van der Waals surface area contributed by atoms with Gasteiger partial charge in [-0.3, -0.25) is 14.4 Å². The van der Waals surface area contributed by atoms with E-state index in [9.17, 15) is 14.4 Å². The first kappa shape index (κ1) is 21.3. The summed E-state index contributed by atoms with van der Waals surface area (Å²) in [7, 11) is 0. The molecule has 0 fully saturated rings. The van der Waals surface area contributed by atoms with Crippen LogP contribution in [0.3, 0.4) is 0 Å². The van der Waals surface area contributed by atoms with E-state index in [4.69, 9.17) is 4.74 Å². The topological polar surface area (TPSA) is 75.7 Å². The highest BCUT2D eigenvalue weighted by Crippen LogP contribution is 2.30. The van der Waals surface area contributed by atoms with Gasteiger partial charge in [0.2, 0.25) is 0 Å². The van der Waals surface area contributed by atoms with Crippen LogP contribution in [0.4, 0.5) is 5.69 Å². The fourth-order valence-corrected chi connectivity index (χ4v) is 3.72. The van der Waals surface area contributed by atoms with Crippen LogP contribution in [0.15, 0.2) is 72.8 Å². The van der Waals surface area contributed by atoms with Crippen LogP contribution in [0.5, 0.6) is 5.75 Å². The lowest BCUT2D eigenvalue weighted by Gasteiger charge is -2.14. The number of carbonyl (C=O) groups is 3. The van der Waals surface area contributed by atoms with Crippen molar-refractivity contribution in [1.82, 2.24) is 5.32 Å². The van der Waals surface area contributed by atoms with Crippen molar-refractivity contribution >= 4 is 23.4 Å². The van der Waals surface area contributed by atoms with Gasteiger partial charge in [0.15, 0.2) is 0 Å². The summed E-state index contributed by atoms with van der Waals surface area (Å²) in [6.45, 7) is 2.94. The normalized spacial score (nSPS) is 12.6. The maximum absolute atomic E-state index is 13.0. The first-order valence-corrected chi connectivity index (χ1v) is 10.7. The number of anilines is 1. The molecule has 1 aliphatic rings. The Labute approximate surface area is 186 Å². The van der Waals surface area contributed by atoms with Crippen LogP contribution < -0.4 is 15.0 Å². The zero-order valence-corrected chi connectivity index (χ0v) is 17.8. The van der Waals surface area contributed by atoms with Crippen molar-refractivity contribution in [1.29, 1.82) is 0 Å². The van der Waals surface area contributed by atoms with Gasteiger partial charge in [-0.2, -0.15) is 0 Å². The lowest BCUT2D eigenvalue weighted by Crippen LogP contribution is -2.29. The molecule has 0 saturated carbocycles. The molecule has 0 atom stereocenters. The van der Waals surface area contributed by atoms with E-state index in [1.54, 1.807) is 36.4 Å². The first-order chi connectivity index (χ1) is 15.6. The fourth-order valence-electron chi connectivity index (χ4n) is 3.72. The minimum absolute atomic E-state index is 0.237. The number of nitrogens with one attached hydrogen (secondary N) is 1. The number of fused-ring (bicyclic) bond motifs is 1. The van der Waals surface area contributed by atoms with Gasteiger partial charge >= 0.3 is 0 Å². The predicted octanol–water partition coefficient (Wildman–Crippen LogP) is 4.25. The number of carbonyl (C=O) groups excluding carboxylic acids is 3. The van der Waals surface area contributed by atoms with Gasteiger partial charge in [0, 0.05) is 12.1 Å². The molecule has 0 aromatic heterocycles. The largest absolute Gasteiger partial charge is 0.494 e. The van der Waals surface area contributed by atoms with Crippen LogP contribution in [0, 0.1) is 0 Å². The number of aryl methyl sites for hydroxylation is 1. The molecule has 6 nitrogen and oxygen atoms in total. The van der Waals surface area contributed by atoms with Crippen molar-refractivity contribution in [3.8, 4) is 5.75 Å². The molecule has 0 aliphatic carbocycles. The SMILES string of the molecule is CCOc1ccc(N2C(=O)c3ccc(C(=O)NCCCc4ccccc4)cc3C2=O)cc1. The molecule has 162 valence electrons. The summed E-state index contributed by atoms with van der Waals surface area (Å²) in [5.74, 6) is -0.434. The maximum atomic E-state index is 13.0. The van der Waals surface area contributed by atoms with E-state index >= 15 is 0 Å². The smallest absolute Gasteiger partial charge is 0.266 e. The minimum atomic E-state index is -0.437. The molecule has 3 aromatic carbocycles. The van der Waals surface area contributed by atoms with E-state index < -0.39 is 11.8 Å². The Morgan fingerprint density at radius 3 is 2.34 bits per heavy atom. The molecule has 4 rings (SSSR count). The minimum Gasteiger partial charge on any atom is -0.494 e. The van der Waals surface area contributed by atoms with E-state index in [0.29, 0.717) is 35.7 Å². The van der Waals surface area contributed by atoms with Crippen molar-refractivity contribution in [2.45, 2.75) is 19.8 Å². The summed E-state index contributed by atoms with van der Waals surface area (Å²) < 4.78 is 5.41. The Kier molecular flexibility index (Phi) is 6.31. The summed E-state index contributed by atoms with van der Waals surface area (Å²) in [4.78, 5) is 39.5. The van der Waals surface area contributed by atoms with Crippen LogP contribution in [-0.2, 0) is 6.42 Å². The molecule has 1 aliphatic heterocycles. The lowest BCUT2D eigenvalue weighted by molar-refractivity contribution is 0.0923. The van der Waals surface area contributed by atoms with Gasteiger partial charge in [-0.1, -0.05) is 30.3 Å².